The van der Waals surface area contributed by atoms with Crippen LogP contribution in [0.1, 0.15) is 11.1 Å². The molecule has 0 aliphatic heterocycles. The summed E-state index contributed by atoms with van der Waals surface area (Å²) in [5.74, 6) is 0. The average Bonchev–Trinajstić information content (AvgIpc) is 2.04. The third kappa shape index (κ3) is 1.79. The zero-order valence-corrected chi connectivity index (χ0v) is 7.43. The van der Waals surface area contributed by atoms with Gasteiger partial charge >= 0.3 is 0 Å². The van der Waals surface area contributed by atoms with Crippen LogP contribution in [0, 0.1) is 11.3 Å². The van der Waals surface area contributed by atoms with E-state index >= 15 is 0 Å². The van der Waals surface area contributed by atoms with Crippen LogP contribution in [0.5, 0.6) is 0 Å². The number of rotatable bonds is 1. The quantitative estimate of drug-likeness (QED) is 0.769. The van der Waals surface area contributed by atoms with E-state index in [1.165, 1.54) is 0 Å². The Kier molecular flexibility index (Phi) is 2.64. The summed E-state index contributed by atoms with van der Waals surface area (Å²) in [6.07, 6.45) is 0. The van der Waals surface area contributed by atoms with E-state index in [0.717, 1.165) is 10.0 Å². The molecule has 0 aliphatic carbocycles. The molecule has 0 unspecified atom stereocenters. The average molecular weight is 211 g/mol. The zero-order valence-electron chi connectivity index (χ0n) is 5.84. The van der Waals surface area contributed by atoms with E-state index in [0.29, 0.717) is 12.1 Å². The van der Waals surface area contributed by atoms with E-state index in [1.807, 2.05) is 12.1 Å². The number of benzene rings is 1. The van der Waals surface area contributed by atoms with Gasteiger partial charge in [0.05, 0.1) is 11.6 Å². The van der Waals surface area contributed by atoms with Crippen molar-refractivity contribution in [1.82, 2.24) is 0 Å². The first-order valence-corrected chi connectivity index (χ1v) is 3.96. The molecule has 0 aliphatic rings. The highest BCUT2D eigenvalue weighted by Crippen LogP contribution is 2.15. The van der Waals surface area contributed by atoms with Crippen molar-refractivity contribution in [3.8, 4) is 6.07 Å². The SMILES string of the molecule is N#Cc1ccc(Br)cc1CN. The van der Waals surface area contributed by atoms with Gasteiger partial charge in [0.15, 0.2) is 0 Å². The molecule has 0 saturated carbocycles. The first-order chi connectivity index (χ1) is 5.27. The summed E-state index contributed by atoms with van der Waals surface area (Å²) >= 11 is 3.30. The topological polar surface area (TPSA) is 49.8 Å². The Labute approximate surface area is 73.8 Å². The second-order valence-corrected chi connectivity index (χ2v) is 3.03. The summed E-state index contributed by atoms with van der Waals surface area (Å²) in [5.41, 5.74) is 6.95. The number of nitriles is 1. The first kappa shape index (κ1) is 8.25. The lowest BCUT2D eigenvalue weighted by Crippen LogP contribution is -1.98. The van der Waals surface area contributed by atoms with Crippen molar-refractivity contribution in [2.45, 2.75) is 6.54 Å². The smallest absolute Gasteiger partial charge is 0.0995 e. The normalized spacial score (nSPS) is 9.18. The van der Waals surface area contributed by atoms with Crippen LogP contribution in [0.25, 0.3) is 0 Å². The van der Waals surface area contributed by atoms with Crippen molar-refractivity contribution < 1.29 is 0 Å². The van der Waals surface area contributed by atoms with Crippen LogP contribution in [0.3, 0.4) is 0 Å². The fourth-order valence-corrected chi connectivity index (χ4v) is 1.25. The Balaban J connectivity index is 3.19. The number of nitrogens with two attached hydrogens (primary N) is 1. The predicted octanol–water partition coefficient (Wildman–Crippen LogP) is 1.78. The summed E-state index contributed by atoms with van der Waals surface area (Å²) in [6, 6.07) is 7.52. The third-order valence-corrected chi connectivity index (χ3v) is 1.90. The molecule has 2 nitrogen and oxygen atoms in total. The highest BCUT2D eigenvalue weighted by atomic mass is 79.9. The van der Waals surface area contributed by atoms with E-state index in [4.69, 9.17) is 11.0 Å². The van der Waals surface area contributed by atoms with Crippen molar-refractivity contribution in [3.63, 3.8) is 0 Å². The molecule has 0 radical (unpaired) electrons. The fraction of sp³-hybridized carbons (Fsp3) is 0.125. The van der Waals surface area contributed by atoms with Gasteiger partial charge < -0.3 is 5.73 Å². The molecule has 1 aromatic rings. The highest BCUT2D eigenvalue weighted by Gasteiger charge is 1.98. The largest absolute Gasteiger partial charge is 0.326 e. The molecule has 0 atom stereocenters. The van der Waals surface area contributed by atoms with Crippen LogP contribution in [-0.4, -0.2) is 0 Å². The van der Waals surface area contributed by atoms with E-state index in [-0.39, 0.29) is 0 Å². The minimum atomic E-state index is 0.405. The molecule has 11 heavy (non-hydrogen) atoms. The van der Waals surface area contributed by atoms with Gasteiger partial charge in [-0.3, -0.25) is 0 Å². The standard InChI is InChI=1S/C8H7BrN2/c9-8-2-1-6(4-10)7(3-8)5-11/h1-3H,5,11H2. The number of hydrogen-bond acceptors (Lipinski definition) is 2. The van der Waals surface area contributed by atoms with Gasteiger partial charge in [-0.15, -0.1) is 0 Å². The second kappa shape index (κ2) is 3.51. The van der Waals surface area contributed by atoms with Crippen LogP contribution in [0.4, 0.5) is 0 Å². The predicted molar refractivity (Wildman–Crippen MR) is 46.7 cm³/mol. The van der Waals surface area contributed by atoms with Gasteiger partial charge in [-0.2, -0.15) is 5.26 Å². The van der Waals surface area contributed by atoms with Gasteiger partial charge in [0, 0.05) is 11.0 Å². The number of nitrogens with zero attached hydrogens (tertiary/aromatic N) is 1. The summed E-state index contributed by atoms with van der Waals surface area (Å²) in [4.78, 5) is 0. The minimum Gasteiger partial charge on any atom is -0.326 e. The number of hydrogen-bond donors (Lipinski definition) is 1. The van der Waals surface area contributed by atoms with Gasteiger partial charge in [-0.05, 0) is 23.8 Å². The van der Waals surface area contributed by atoms with Crippen LogP contribution in [0.15, 0.2) is 22.7 Å². The van der Waals surface area contributed by atoms with Crippen molar-refractivity contribution in [2.24, 2.45) is 5.73 Å². The monoisotopic (exact) mass is 210 g/mol. The maximum atomic E-state index is 8.62. The van der Waals surface area contributed by atoms with Gasteiger partial charge in [0.2, 0.25) is 0 Å². The Hall–Kier alpha value is -0.850. The van der Waals surface area contributed by atoms with Crippen LogP contribution in [-0.2, 0) is 6.54 Å². The zero-order chi connectivity index (χ0) is 8.27. The maximum Gasteiger partial charge on any atom is 0.0995 e. The van der Waals surface area contributed by atoms with E-state index in [2.05, 4.69) is 22.0 Å². The second-order valence-electron chi connectivity index (χ2n) is 2.12. The van der Waals surface area contributed by atoms with Gasteiger partial charge in [0.25, 0.3) is 0 Å². The molecule has 0 bridgehead atoms. The van der Waals surface area contributed by atoms with Gasteiger partial charge in [-0.1, -0.05) is 15.9 Å². The number of halogens is 1. The van der Waals surface area contributed by atoms with Crippen LogP contribution < -0.4 is 5.73 Å². The lowest BCUT2D eigenvalue weighted by molar-refractivity contribution is 1.06. The summed E-state index contributed by atoms with van der Waals surface area (Å²) in [6.45, 7) is 0.405. The first-order valence-electron chi connectivity index (χ1n) is 3.16. The molecular formula is C8H7BrN2. The summed E-state index contributed by atoms with van der Waals surface area (Å²) in [5, 5.41) is 8.62. The minimum absolute atomic E-state index is 0.405. The molecule has 56 valence electrons. The van der Waals surface area contributed by atoms with Gasteiger partial charge in [0.1, 0.15) is 0 Å². The summed E-state index contributed by atoms with van der Waals surface area (Å²) < 4.78 is 0.956. The Morgan fingerprint density at radius 1 is 1.55 bits per heavy atom. The molecule has 1 rings (SSSR count). The fourth-order valence-electron chi connectivity index (χ4n) is 0.840. The summed E-state index contributed by atoms with van der Waals surface area (Å²) in [7, 11) is 0. The van der Waals surface area contributed by atoms with E-state index < -0.39 is 0 Å². The molecule has 0 saturated heterocycles. The molecule has 2 N–H and O–H groups in total. The molecule has 0 heterocycles. The molecule has 1 aromatic carbocycles. The van der Waals surface area contributed by atoms with Gasteiger partial charge in [-0.25, -0.2) is 0 Å². The molecule has 0 spiro atoms. The molecule has 3 heteroatoms. The van der Waals surface area contributed by atoms with Crippen molar-refractivity contribution in [1.29, 1.82) is 5.26 Å². The van der Waals surface area contributed by atoms with Crippen LogP contribution in [0.2, 0.25) is 0 Å². The Bertz CT molecular complexity index is 301. The molecule has 0 amide bonds. The molecular weight excluding hydrogens is 204 g/mol. The molecule has 0 aromatic heterocycles. The van der Waals surface area contributed by atoms with Crippen molar-refractivity contribution >= 4 is 15.9 Å². The van der Waals surface area contributed by atoms with E-state index in [1.54, 1.807) is 6.07 Å². The Morgan fingerprint density at radius 2 is 2.27 bits per heavy atom. The van der Waals surface area contributed by atoms with Crippen molar-refractivity contribution in [2.75, 3.05) is 0 Å². The Morgan fingerprint density at radius 3 is 2.82 bits per heavy atom. The lowest BCUT2D eigenvalue weighted by Gasteiger charge is -1.99. The van der Waals surface area contributed by atoms with Crippen LogP contribution >= 0.6 is 15.9 Å². The maximum absolute atomic E-state index is 8.62. The highest BCUT2D eigenvalue weighted by molar-refractivity contribution is 9.10. The third-order valence-electron chi connectivity index (χ3n) is 1.41. The lowest BCUT2D eigenvalue weighted by atomic mass is 10.1. The van der Waals surface area contributed by atoms with Crippen molar-refractivity contribution in [3.05, 3.63) is 33.8 Å². The molecule has 0 fully saturated rings. The van der Waals surface area contributed by atoms with E-state index in [9.17, 15) is 0 Å².